The summed E-state index contributed by atoms with van der Waals surface area (Å²) in [5, 5.41) is 4.59. The minimum atomic E-state index is 0.833. The number of benzene rings is 3. The van der Waals surface area contributed by atoms with Gasteiger partial charge in [-0.15, -0.1) is 0 Å². The Bertz CT molecular complexity index is 1430. The summed E-state index contributed by atoms with van der Waals surface area (Å²) in [7, 11) is 0. The van der Waals surface area contributed by atoms with Crippen LogP contribution >= 0.6 is 0 Å². The van der Waals surface area contributed by atoms with E-state index in [1.807, 2.05) is 24.3 Å². The van der Waals surface area contributed by atoms with Gasteiger partial charge < -0.3 is 4.42 Å². The summed E-state index contributed by atoms with van der Waals surface area (Å²) in [6.45, 7) is 0. The molecule has 3 aromatic carbocycles. The Morgan fingerprint density at radius 2 is 1.54 bits per heavy atom. The zero-order valence-corrected chi connectivity index (χ0v) is 13.8. The number of rotatable bonds is 1. The van der Waals surface area contributed by atoms with Crippen LogP contribution in [-0.4, -0.2) is 14.5 Å². The van der Waals surface area contributed by atoms with Crippen LogP contribution in [0.5, 0.6) is 0 Å². The van der Waals surface area contributed by atoms with Gasteiger partial charge in [0.15, 0.2) is 5.58 Å². The maximum absolute atomic E-state index is 6.29. The quantitative estimate of drug-likeness (QED) is 0.400. The van der Waals surface area contributed by atoms with E-state index < -0.39 is 0 Å². The van der Waals surface area contributed by atoms with Crippen molar-refractivity contribution >= 4 is 43.7 Å². The van der Waals surface area contributed by atoms with Crippen molar-refractivity contribution in [2.45, 2.75) is 0 Å². The SMILES string of the molecule is c1ccc2c(c1)oc1c2ccc2c3ccccc3n(-c3ccncn3)c21. The van der Waals surface area contributed by atoms with Crippen LogP contribution < -0.4 is 0 Å². The van der Waals surface area contributed by atoms with E-state index in [1.165, 1.54) is 5.39 Å². The van der Waals surface area contributed by atoms with E-state index in [4.69, 9.17) is 4.42 Å². The van der Waals surface area contributed by atoms with E-state index >= 15 is 0 Å². The van der Waals surface area contributed by atoms with Crippen molar-refractivity contribution < 1.29 is 4.42 Å². The number of para-hydroxylation sites is 2. The Morgan fingerprint density at radius 3 is 2.42 bits per heavy atom. The van der Waals surface area contributed by atoms with Gasteiger partial charge in [-0.25, -0.2) is 9.97 Å². The van der Waals surface area contributed by atoms with Crippen LogP contribution in [0.15, 0.2) is 83.7 Å². The van der Waals surface area contributed by atoms with Crippen molar-refractivity contribution in [2.75, 3.05) is 0 Å². The predicted molar refractivity (Wildman–Crippen MR) is 104 cm³/mol. The molecule has 0 unspecified atom stereocenters. The second-order valence-corrected chi connectivity index (χ2v) is 6.36. The zero-order valence-electron chi connectivity index (χ0n) is 13.8. The topological polar surface area (TPSA) is 43.9 Å². The molecule has 3 aromatic heterocycles. The highest BCUT2D eigenvalue weighted by molar-refractivity contribution is 6.21. The van der Waals surface area contributed by atoms with E-state index in [0.717, 1.165) is 44.2 Å². The number of aromatic nitrogens is 3. The lowest BCUT2D eigenvalue weighted by Gasteiger charge is -2.05. The summed E-state index contributed by atoms with van der Waals surface area (Å²) in [5.74, 6) is 0.833. The minimum absolute atomic E-state index is 0.833. The van der Waals surface area contributed by atoms with Crippen LogP contribution in [0.2, 0.25) is 0 Å². The van der Waals surface area contributed by atoms with Gasteiger partial charge in [0.05, 0.1) is 11.0 Å². The van der Waals surface area contributed by atoms with Crippen LogP contribution in [0.4, 0.5) is 0 Å². The van der Waals surface area contributed by atoms with Crippen LogP contribution in [0.25, 0.3) is 49.6 Å². The van der Waals surface area contributed by atoms with Gasteiger partial charge in [-0.2, -0.15) is 0 Å². The molecular weight excluding hydrogens is 322 g/mol. The molecule has 0 spiro atoms. The number of nitrogens with zero attached hydrogens (tertiary/aromatic N) is 3. The Hall–Kier alpha value is -3.66. The fourth-order valence-electron chi connectivity index (χ4n) is 3.88. The largest absolute Gasteiger partial charge is 0.454 e. The summed E-state index contributed by atoms with van der Waals surface area (Å²) >= 11 is 0. The summed E-state index contributed by atoms with van der Waals surface area (Å²) < 4.78 is 8.46. The van der Waals surface area contributed by atoms with Crippen LogP contribution in [0, 0.1) is 0 Å². The third-order valence-corrected chi connectivity index (χ3v) is 4.97. The van der Waals surface area contributed by atoms with Gasteiger partial charge in [0.1, 0.15) is 17.7 Å². The predicted octanol–water partition coefficient (Wildman–Crippen LogP) is 5.47. The smallest absolute Gasteiger partial charge is 0.160 e. The first kappa shape index (κ1) is 13.6. The third kappa shape index (κ3) is 1.68. The summed E-state index contributed by atoms with van der Waals surface area (Å²) in [6.07, 6.45) is 3.34. The molecular formula is C22H13N3O. The van der Waals surface area contributed by atoms with Gasteiger partial charge in [-0.1, -0.05) is 42.5 Å². The number of fused-ring (bicyclic) bond motifs is 7. The van der Waals surface area contributed by atoms with Crippen molar-refractivity contribution in [1.29, 1.82) is 0 Å². The Kier molecular flexibility index (Phi) is 2.58. The molecule has 0 bridgehead atoms. The molecule has 6 aromatic rings. The van der Waals surface area contributed by atoms with E-state index in [1.54, 1.807) is 12.5 Å². The first-order valence-electron chi connectivity index (χ1n) is 8.51. The molecule has 0 fully saturated rings. The third-order valence-electron chi connectivity index (χ3n) is 4.97. The number of hydrogen-bond acceptors (Lipinski definition) is 3. The maximum atomic E-state index is 6.29. The maximum Gasteiger partial charge on any atom is 0.160 e. The van der Waals surface area contributed by atoms with E-state index in [0.29, 0.717) is 0 Å². The Morgan fingerprint density at radius 1 is 0.731 bits per heavy atom. The molecule has 0 aliphatic carbocycles. The van der Waals surface area contributed by atoms with Gasteiger partial charge in [0.25, 0.3) is 0 Å². The molecule has 0 N–H and O–H groups in total. The minimum Gasteiger partial charge on any atom is -0.454 e. The highest BCUT2D eigenvalue weighted by atomic mass is 16.3. The van der Waals surface area contributed by atoms with Crippen LogP contribution in [0.1, 0.15) is 0 Å². The molecule has 0 radical (unpaired) electrons. The second kappa shape index (κ2) is 4.92. The standard InChI is InChI=1S/C22H13N3O/c1-3-7-18-14(5-1)16-9-10-17-15-6-2-4-8-19(15)26-22(17)21(16)25(18)20-11-12-23-13-24-20/h1-13H. The van der Waals surface area contributed by atoms with Gasteiger partial charge in [0.2, 0.25) is 0 Å². The number of furan rings is 1. The van der Waals surface area contributed by atoms with Crippen molar-refractivity contribution in [2.24, 2.45) is 0 Å². The van der Waals surface area contributed by atoms with E-state index in [-0.39, 0.29) is 0 Å². The van der Waals surface area contributed by atoms with E-state index in [9.17, 15) is 0 Å². The lowest BCUT2D eigenvalue weighted by Crippen LogP contribution is -1.97. The summed E-state index contributed by atoms with van der Waals surface area (Å²) in [5.41, 5.74) is 3.93. The molecule has 6 rings (SSSR count). The molecule has 3 heterocycles. The fraction of sp³-hybridized carbons (Fsp3) is 0. The molecule has 4 heteroatoms. The molecule has 0 atom stereocenters. The van der Waals surface area contributed by atoms with Crippen LogP contribution in [0.3, 0.4) is 0 Å². The van der Waals surface area contributed by atoms with Crippen molar-refractivity contribution in [3.63, 3.8) is 0 Å². The Labute approximate surface area is 148 Å². The van der Waals surface area contributed by atoms with E-state index in [2.05, 4.69) is 57.0 Å². The summed E-state index contributed by atoms with van der Waals surface area (Å²) in [6, 6.07) is 22.8. The first-order valence-corrected chi connectivity index (χ1v) is 8.51. The van der Waals surface area contributed by atoms with Gasteiger partial charge >= 0.3 is 0 Å². The molecule has 0 amide bonds. The van der Waals surface area contributed by atoms with Gasteiger partial charge in [-0.3, -0.25) is 4.57 Å². The highest BCUT2D eigenvalue weighted by Gasteiger charge is 2.18. The van der Waals surface area contributed by atoms with Gasteiger partial charge in [-0.05, 0) is 24.3 Å². The van der Waals surface area contributed by atoms with Crippen molar-refractivity contribution in [1.82, 2.24) is 14.5 Å². The summed E-state index contributed by atoms with van der Waals surface area (Å²) in [4.78, 5) is 8.56. The number of hydrogen-bond donors (Lipinski definition) is 0. The molecule has 4 nitrogen and oxygen atoms in total. The fourth-order valence-corrected chi connectivity index (χ4v) is 3.88. The lowest BCUT2D eigenvalue weighted by atomic mass is 10.1. The second-order valence-electron chi connectivity index (χ2n) is 6.36. The average molecular weight is 335 g/mol. The highest BCUT2D eigenvalue weighted by Crippen LogP contribution is 2.39. The monoisotopic (exact) mass is 335 g/mol. The normalized spacial score (nSPS) is 11.8. The molecule has 0 saturated heterocycles. The van der Waals surface area contributed by atoms with Crippen molar-refractivity contribution in [3.8, 4) is 5.82 Å². The van der Waals surface area contributed by atoms with Crippen LogP contribution in [-0.2, 0) is 0 Å². The Balaban J connectivity index is 1.92. The molecule has 0 saturated carbocycles. The van der Waals surface area contributed by atoms with Gasteiger partial charge in [0, 0.05) is 27.7 Å². The first-order chi connectivity index (χ1) is 12.9. The lowest BCUT2D eigenvalue weighted by molar-refractivity contribution is 0.671. The van der Waals surface area contributed by atoms with Crippen molar-refractivity contribution in [3.05, 3.63) is 79.3 Å². The molecule has 26 heavy (non-hydrogen) atoms. The molecule has 0 aliphatic heterocycles. The molecule has 0 aliphatic rings. The molecule has 122 valence electrons. The zero-order chi connectivity index (χ0) is 17.1. The average Bonchev–Trinajstić information content (AvgIpc) is 3.24.